The Kier molecular flexibility index (Phi) is 5.38. The van der Waals surface area contributed by atoms with Crippen LogP contribution in [0.4, 0.5) is 11.5 Å². The third-order valence-electron chi connectivity index (χ3n) is 4.57. The molecule has 2 N–H and O–H groups in total. The molecule has 0 aliphatic carbocycles. The van der Waals surface area contributed by atoms with E-state index in [0.717, 1.165) is 35.9 Å². The van der Waals surface area contributed by atoms with Gasteiger partial charge in [-0.25, -0.2) is 4.98 Å². The van der Waals surface area contributed by atoms with Crippen LogP contribution in [0.25, 0.3) is 0 Å². The number of carbonyl (C=O) groups is 1. The normalized spacial score (nSPS) is 14.4. The second-order valence-corrected chi connectivity index (χ2v) is 6.12. The third-order valence-corrected chi connectivity index (χ3v) is 4.57. The molecule has 1 fully saturated rings. The maximum atomic E-state index is 12.5. The van der Waals surface area contributed by atoms with Crippen molar-refractivity contribution in [2.75, 3.05) is 43.9 Å². The standard InChI is InChI=1S/C19H24N4O2/c1-25-16-8-9-21-18(14-16)22-10-12-23(13-11-22)19(24)7-6-15-4-2-3-5-17(15)20/h2-5,8-9,14H,6-7,10-13,20H2,1H3. The fourth-order valence-corrected chi connectivity index (χ4v) is 3.05. The number of methoxy groups -OCH3 is 1. The molecule has 6 nitrogen and oxygen atoms in total. The average molecular weight is 340 g/mol. The zero-order valence-corrected chi connectivity index (χ0v) is 14.5. The molecule has 0 spiro atoms. The van der Waals surface area contributed by atoms with Gasteiger partial charge in [0.2, 0.25) is 5.91 Å². The monoisotopic (exact) mass is 340 g/mol. The molecular formula is C19H24N4O2. The van der Waals surface area contributed by atoms with Gasteiger partial charge in [-0.1, -0.05) is 18.2 Å². The molecule has 6 heteroatoms. The van der Waals surface area contributed by atoms with Crippen molar-refractivity contribution < 1.29 is 9.53 Å². The first-order valence-electron chi connectivity index (χ1n) is 8.53. The van der Waals surface area contributed by atoms with E-state index in [2.05, 4.69) is 9.88 Å². The van der Waals surface area contributed by atoms with Crippen LogP contribution in [0.2, 0.25) is 0 Å². The van der Waals surface area contributed by atoms with Crippen molar-refractivity contribution in [1.82, 2.24) is 9.88 Å². The van der Waals surface area contributed by atoms with E-state index >= 15 is 0 Å². The number of anilines is 2. The Balaban J connectivity index is 1.51. The molecule has 3 rings (SSSR count). The number of hydrogen-bond donors (Lipinski definition) is 1. The molecule has 0 atom stereocenters. The zero-order valence-electron chi connectivity index (χ0n) is 14.5. The van der Waals surface area contributed by atoms with Gasteiger partial charge in [-0.2, -0.15) is 0 Å². The fraction of sp³-hybridized carbons (Fsp3) is 0.368. The molecule has 1 aromatic carbocycles. The number of para-hydroxylation sites is 1. The van der Waals surface area contributed by atoms with E-state index in [-0.39, 0.29) is 5.91 Å². The molecule has 1 aromatic heterocycles. The maximum Gasteiger partial charge on any atom is 0.223 e. The van der Waals surface area contributed by atoms with E-state index in [9.17, 15) is 4.79 Å². The molecule has 0 radical (unpaired) electrons. The van der Waals surface area contributed by atoms with Crippen LogP contribution in [0.1, 0.15) is 12.0 Å². The lowest BCUT2D eigenvalue weighted by atomic mass is 10.1. The SMILES string of the molecule is COc1ccnc(N2CCN(C(=O)CCc3ccccc3N)CC2)c1. The van der Waals surface area contributed by atoms with Crippen LogP contribution in [-0.4, -0.2) is 49.1 Å². The van der Waals surface area contributed by atoms with Gasteiger partial charge in [-0.15, -0.1) is 0 Å². The summed E-state index contributed by atoms with van der Waals surface area (Å²) in [5, 5.41) is 0. The smallest absolute Gasteiger partial charge is 0.223 e. The highest BCUT2D eigenvalue weighted by Crippen LogP contribution is 2.20. The molecule has 1 aliphatic rings. The van der Waals surface area contributed by atoms with Crippen LogP contribution < -0.4 is 15.4 Å². The topological polar surface area (TPSA) is 71.7 Å². The molecule has 1 amide bonds. The summed E-state index contributed by atoms with van der Waals surface area (Å²) in [5.41, 5.74) is 7.73. The average Bonchev–Trinajstić information content (AvgIpc) is 2.67. The molecule has 2 heterocycles. The number of nitrogen functional groups attached to an aromatic ring is 1. The summed E-state index contributed by atoms with van der Waals surface area (Å²) in [5.74, 6) is 1.87. The van der Waals surface area contributed by atoms with Crippen LogP contribution in [0.15, 0.2) is 42.6 Å². The van der Waals surface area contributed by atoms with E-state index in [0.29, 0.717) is 25.9 Å². The van der Waals surface area contributed by atoms with Crippen molar-refractivity contribution in [2.24, 2.45) is 0 Å². The molecule has 1 saturated heterocycles. The molecule has 25 heavy (non-hydrogen) atoms. The van der Waals surface area contributed by atoms with Gasteiger partial charge in [0.05, 0.1) is 7.11 Å². The Morgan fingerprint density at radius 1 is 1.20 bits per heavy atom. The second-order valence-electron chi connectivity index (χ2n) is 6.12. The summed E-state index contributed by atoms with van der Waals surface area (Å²) in [6.07, 6.45) is 2.92. The van der Waals surface area contributed by atoms with E-state index in [4.69, 9.17) is 10.5 Å². The maximum absolute atomic E-state index is 12.5. The highest BCUT2D eigenvalue weighted by Gasteiger charge is 2.22. The number of hydrogen-bond acceptors (Lipinski definition) is 5. The number of piperazine rings is 1. The summed E-state index contributed by atoms with van der Waals surface area (Å²) in [4.78, 5) is 21.0. The zero-order chi connectivity index (χ0) is 17.6. The largest absolute Gasteiger partial charge is 0.497 e. The Hall–Kier alpha value is -2.76. The Bertz CT molecular complexity index is 727. The van der Waals surface area contributed by atoms with E-state index < -0.39 is 0 Å². The van der Waals surface area contributed by atoms with E-state index in [1.54, 1.807) is 13.3 Å². The van der Waals surface area contributed by atoms with Crippen molar-refractivity contribution in [3.8, 4) is 5.75 Å². The number of aromatic nitrogens is 1. The second kappa shape index (κ2) is 7.88. The molecule has 132 valence electrons. The van der Waals surface area contributed by atoms with Gasteiger partial charge in [0.1, 0.15) is 11.6 Å². The van der Waals surface area contributed by atoms with Gasteiger partial charge in [0, 0.05) is 50.6 Å². The van der Waals surface area contributed by atoms with Crippen molar-refractivity contribution in [1.29, 1.82) is 0 Å². The first-order chi connectivity index (χ1) is 12.2. The fourth-order valence-electron chi connectivity index (χ4n) is 3.05. The number of pyridine rings is 1. The highest BCUT2D eigenvalue weighted by molar-refractivity contribution is 5.77. The summed E-state index contributed by atoms with van der Waals surface area (Å²) < 4.78 is 5.25. The quantitative estimate of drug-likeness (QED) is 0.843. The number of nitrogens with zero attached hydrogens (tertiary/aromatic N) is 3. The minimum absolute atomic E-state index is 0.182. The third kappa shape index (κ3) is 4.21. The molecule has 0 bridgehead atoms. The number of rotatable bonds is 5. The summed E-state index contributed by atoms with van der Waals surface area (Å²) in [6.45, 7) is 2.97. The number of amides is 1. The molecule has 0 unspecified atom stereocenters. The molecular weight excluding hydrogens is 316 g/mol. The van der Waals surface area contributed by atoms with Crippen LogP contribution >= 0.6 is 0 Å². The van der Waals surface area contributed by atoms with Crippen LogP contribution in [0.3, 0.4) is 0 Å². The van der Waals surface area contributed by atoms with Gasteiger partial charge in [0.15, 0.2) is 0 Å². The van der Waals surface area contributed by atoms with E-state index in [1.165, 1.54) is 0 Å². The van der Waals surface area contributed by atoms with Gasteiger partial charge in [-0.3, -0.25) is 4.79 Å². The lowest BCUT2D eigenvalue weighted by Crippen LogP contribution is -2.49. The molecule has 1 aliphatic heterocycles. The van der Waals surface area contributed by atoms with Crippen LogP contribution in [0.5, 0.6) is 5.75 Å². The number of carbonyl (C=O) groups excluding carboxylic acids is 1. The predicted octanol–water partition coefficient (Wildman–Crippen LogP) is 1.95. The molecule has 2 aromatic rings. The van der Waals surface area contributed by atoms with Gasteiger partial charge in [-0.05, 0) is 24.1 Å². The van der Waals surface area contributed by atoms with Crippen molar-refractivity contribution >= 4 is 17.4 Å². The van der Waals surface area contributed by atoms with E-state index in [1.807, 2.05) is 41.3 Å². The van der Waals surface area contributed by atoms with Crippen molar-refractivity contribution in [3.05, 3.63) is 48.2 Å². The number of aryl methyl sites for hydroxylation is 1. The highest BCUT2D eigenvalue weighted by atomic mass is 16.5. The van der Waals surface area contributed by atoms with Crippen LogP contribution in [0, 0.1) is 0 Å². The number of benzene rings is 1. The van der Waals surface area contributed by atoms with Crippen molar-refractivity contribution in [3.63, 3.8) is 0 Å². The summed E-state index contributed by atoms with van der Waals surface area (Å²) in [7, 11) is 1.65. The van der Waals surface area contributed by atoms with Crippen LogP contribution in [-0.2, 0) is 11.2 Å². The minimum Gasteiger partial charge on any atom is -0.497 e. The molecule has 0 saturated carbocycles. The van der Waals surface area contributed by atoms with Crippen molar-refractivity contribution in [2.45, 2.75) is 12.8 Å². The number of nitrogens with two attached hydrogens (primary N) is 1. The lowest BCUT2D eigenvalue weighted by Gasteiger charge is -2.35. The summed E-state index contributed by atoms with van der Waals surface area (Å²) in [6, 6.07) is 11.5. The Morgan fingerprint density at radius 3 is 2.68 bits per heavy atom. The van der Waals surface area contributed by atoms with Gasteiger partial charge >= 0.3 is 0 Å². The first-order valence-corrected chi connectivity index (χ1v) is 8.53. The summed E-state index contributed by atoms with van der Waals surface area (Å²) >= 11 is 0. The number of ether oxygens (including phenoxy) is 1. The van der Waals surface area contributed by atoms with Gasteiger partial charge in [0.25, 0.3) is 0 Å². The lowest BCUT2D eigenvalue weighted by molar-refractivity contribution is -0.131. The Labute approximate surface area is 148 Å². The van der Waals surface area contributed by atoms with Gasteiger partial charge < -0.3 is 20.3 Å². The Morgan fingerprint density at radius 2 is 1.96 bits per heavy atom. The first kappa shape index (κ1) is 17.1. The minimum atomic E-state index is 0.182. The predicted molar refractivity (Wildman–Crippen MR) is 98.8 cm³/mol.